The number of piperidine rings is 1. The average Bonchev–Trinajstić information content (AvgIpc) is 2.97. The first kappa shape index (κ1) is 13.5. The van der Waals surface area contributed by atoms with Crippen LogP contribution >= 0.6 is 11.3 Å². The number of aromatic nitrogens is 1. The minimum absolute atomic E-state index is 0.0685. The summed E-state index contributed by atoms with van der Waals surface area (Å²) >= 11 is 1.53. The molecule has 3 heterocycles. The molecule has 0 radical (unpaired) electrons. The van der Waals surface area contributed by atoms with Crippen molar-refractivity contribution in [3.05, 3.63) is 16.6 Å². The van der Waals surface area contributed by atoms with Gasteiger partial charge in [-0.25, -0.2) is 4.98 Å². The molecule has 0 saturated carbocycles. The molecule has 2 amide bonds. The van der Waals surface area contributed by atoms with Gasteiger partial charge in [-0.1, -0.05) is 0 Å². The predicted molar refractivity (Wildman–Crippen MR) is 76.2 cm³/mol. The summed E-state index contributed by atoms with van der Waals surface area (Å²) in [5.74, 6) is 0.142. The van der Waals surface area contributed by atoms with E-state index in [9.17, 15) is 9.59 Å². The minimum atomic E-state index is -0.523. The number of hydrogen-bond acceptors (Lipinski definition) is 4. The van der Waals surface area contributed by atoms with Crippen molar-refractivity contribution in [3.63, 3.8) is 0 Å². The molecule has 0 bridgehead atoms. The van der Waals surface area contributed by atoms with E-state index in [1.54, 1.807) is 16.0 Å². The summed E-state index contributed by atoms with van der Waals surface area (Å²) in [5, 5.41) is 2.78. The van der Waals surface area contributed by atoms with Crippen LogP contribution in [0.15, 0.2) is 11.6 Å². The Morgan fingerprint density at radius 1 is 1.35 bits per heavy atom. The lowest BCUT2D eigenvalue weighted by atomic mass is 9.94. The Morgan fingerprint density at radius 2 is 2.15 bits per heavy atom. The van der Waals surface area contributed by atoms with Crippen LogP contribution < -0.4 is 0 Å². The highest BCUT2D eigenvalue weighted by atomic mass is 32.1. The first-order chi connectivity index (χ1) is 9.51. The van der Waals surface area contributed by atoms with Crippen LogP contribution in [0.25, 0.3) is 0 Å². The maximum absolute atomic E-state index is 12.8. The summed E-state index contributed by atoms with van der Waals surface area (Å²) in [6, 6.07) is -0.260. The molecule has 0 spiro atoms. The zero-order chi connectivity index (χ0) is 14.3. The average molecular weight is 293 g/mol. The molecule has 1 aromatic heterocycles. The van der Waals surface area contributed by atoms with Gasteiger partial charge in [-0.15, -0.1) is 11.3 Å². The number of amides is 2. The Hall–Kier alpha value is -1.43. The second-order valence-corrected chi connectivity index (χ2v) is 6.81. The fourth-order valence-corrected chi connectivity index (χ4v) is 3.86. The van der Waals surface area contributed by atoms with Gasteiger partial charge in [0.15, 0.2) is 0 Å². The van der Waals surface area contributed by atoms with Gasteiger partial charge in [0.25, 0.3) is 0 Å². The highest BCUT2D eigenvalue weighted by Gasteiger charge is 2.46. The third-order valence-corrected chi connectivity index (χ3v) is 5.38. The summed E-state index contributed by atoms with van der Waals surface area (Å²) in [5.41, 5.74) is -0.523. The summed E-state index contributed by atoms with van der Waals surface area (Å²) in [4.78, 5) is 32.9. The Bertz CT molecular complexity index is 527. The Morgan fingerprint density at radius 3 is 2.85 bits per heavy atom. The molecular weight excluding hydrogens is 274 g/mol. The number of fused-ring (bicyclic) bond motifs is 1. The SMILES string of the molecule is CC(C)(c1nccs1)N1CC(=O)N2CCCCC2C1=O. The van der Waals surface area contributed by atoms with E-state index < -0.39 is 5.54 Å². The van der Waals surface area contributed by atoms with Gasteiger partial charge in [0, 0.05) is 18.1 Å². The second-order valence-electron chi connectivity index (χ2n) is 5.92. The van der Waals surface area contributed by atoms with Crippen LogP contribution in [0, 0.1) is 0 Å². The number of thiazole rings is 1. The number of nitrogens with zero attached hydrogens (tertiary/aromatic N) is 3. The first-order valence-electron chi connectivity index (χ1n) is 7.03. The molecule has 108 valence electrons. The van der Waals surface area contributed by atoms with E-state index in [1.807, 2.05) is 19.2 Å². The number of piperazine rings is 1. The van der Waals surface area contributed by atoms with E-state index in [4.69, 9.17) is 0 Å². The Labute approximate surface area is 122 Å². The van der Waals surface area contributed by atoms with Gasteiger partial charge >= 0.3 is 0 Å². The number of carbonyl (C=O) groups is 2. The van der Waals surface area contributed by atoms with Crippen LogP contribution in [-0.2, 0) is 15.1 Å². The zero-order valence-electron chi connectivity index (χ0n) is 11.8. The normalized spacial score (nSPS) is 24.0. The molecule has 5 nitrogen and oxygen atoms in total. The van der Waals surface area contributed by atoms with Gasteiger partial charge in [-0.3, -0.25) is 9.59 Å². The van der Waals surface area contributed by atoms with Crippen molar-refractivity contribution < 1.29 is 9.59 Å². The lowest BCUT2D eigenvalue weighted by molar-refractivity contribution is -0.163. The maximum Gasteiger partial charge on any atom is 0.246 e. The number of hydrogen-bond donors (Lipinski definition) is 0. The Kier molecular flexibility index (Phi) is 3.28. The molecule has 0 aliphatic carbocycles. The summed E-state index contributed by atoms with van der Waals surface area (Å²) < 4.78 is 0. The molecular formula is C14H19N3O2S. The lowest BCUT2D eigenvalue weighted by Crippen LogP contribution is -2.64. The fourth-order valence-electron chi connectivity index (χ4n) is 3.08. The van der Waals surface area contributed by atoms with E-state index in [0.717, 1.165) is 30.8 Å². The van der Waals surface area contributed by atoms with Gasteiger partial charge in [0.05, 0.1) is 5.54 Å². The first-order valence-corrected chi connectivity index (χ1v) is 7.90. The molecule has 2 aliphatic heterocycles. The van der Waals surface area contributed by atoms with Crippen LogP contribution in [0.4, 0.5) is 0 Å². The molecule has 1 aromatic rings. The minimum Gasteiger partial charge on any atom is -0.329 e. The molecule has 2 aliphatic rings. The summed E-state index contributed by atoms with van der Waals surface area (Å²) in [6.45, 7) is 4.83. The van der Waals surface area contributed by atoms with E-state index in [1.165, 1.54) is 11.3 Å². The Balaban J connectivity index is 1.91. The van der Waals surface area contributed by atoms with Gasteiger partial charge in [0.1, 0.15) is 17.6 Å². The number of carbonyl (C=O) groups excluding carboxylic acids is 2. The quantitative estimate of drug-likeness (QED) is 0.832. The van der Waals surface area contributed by atoms with E-state index in [-0.39, 0.29) is 24.4 Å². The highest BCUT2D eigenvalue weighted by molar-refractivity contribution is 7.09. The van der Waals surface area contributed by atoms with Crippen LogP contribution in [0.1, 0.15) is 38.1 Å². The topological polar surface area (TPSA) is 53.5 Å². The van der Waals surface area contributed by atoms with Gasteiger partial charge in [-0.05, 0) is 33.1 Å². The van der Waals surface area contributed by atoms with Crippen LogP contribution in [-0.4, -0.2) is 45.7 Å². The van der Waals surface area contributed by atoms with Crippen molar-refractivity contribution in [1.29, 1.82) is 0 Å². The van der Waals surface area contributed by atoms with E-state index in [0.29, 0.717) is 0 Å². The molecule has 2 fully saturated rings. The van der Waals surface area contributed by atoms with Crippen LogP contribution in [0.2, 0.25) is 0 Å². The molecule has 3 rings (SSSR count). The summed E-state index contributed by atoms with van der Waals surface area (Å²) in [6.07, 6.45) is 4.55. The summed E-state index contributed by atoms with van der Waals surface area (Å²) in [7, 11) is 0. The standard InChI is InChI=1S/C14H19N3O2S/c1-14(2,13-15-6-8-20-13)17-9-11(18)16-7-4-3-5-10(16)12(17)19/h6,8,10H,3-5,7,9H2,1-2H3. The predicted octanol–water partition coefficient (Wildman–Crippen LogP) is 1.60. The highest BCUT2D eigenvalue weighted by Crippen LogP contribution is 2.34. The van der Waals surface area contributed by atoms with Crippen molar-refractivity contribution in [2.24, 2.45) is 0 Å². The molecule has 6 heteroatoms. The monoisotopic (exact) mass is 293 g/mol. The fraction of sp³-hybridized carbons (Fsp3) is 0.643. The van der Waals surface area contributed by atoms with Crippen molar-refractivity contribution in [2.75, 3.05) is 13.1 Å². The largest absolute Gasteiger partial charge is 0.329 e. The maximum atomic E-state index is 12.8. The zero-order valence-corrected chi connectivity index (χ0v) is 12.7. The molecule has 0 aromatic carbocycles. The van der Waals surface area contributed by atoms with Crippen LogP contribution in [0.3, 0.4) is 0 Å². The molecule has 1 atom stereocenters. The number of rotatable bonds is 2. The third-order valence-electron chi connectivity index (χ3n) is 4.30. The van der Waals surface area contributed by atoms with Crippen LogP contribution in [0.5, 0.6) is 0 Å². The second kappa shape index (κ2) is 4.84. The molecule has 0 N–H and O–H groups in total. The van der Waals surface area contributed by atoms with Crippen molar-refractivity contribution >= 4 is 23.2 Å². The molecule has 1 unspecified atom stereocenters. The third kappa shape index (κ3) is 2.02. The van der Waals surface area contributed by atoms with E-state index >= 15 is 0 Å². The lowest BCUT2D eigenvalue weighted by Gasteiger charge is -2.47. The van der Waals surface area contributed by atoms with Crippen molar-refractivity contribution in [3.8, 4) is 0 Å². The molecule has 20 heavy (non-hydrogen) atoms. The van der Waals surface area contributed by atoms with Gasteiger partial charge in [-0.2, -0.15) is 0 Å². The van der Waals surface area contributed by atoms with E-state index in [2.05, 4.69) is 4.98 Å². The molecule has 2 saturated heterocycles. The van der Waals surface area contributed by atoms with Crippen molar-refractivity contribution in [2.45, 2.75) is 44.7 Å². The van der Waals surface area contributed by atoms with Gasteiger partial charge in [0.2, 0.25) is 11.8 Å². The van der Waals surface area contributed by atoms with Gasteiger partial charge < -0.3 is 9.80 Å². The van der Waals surface area contributed by atoms with Crippen molar-refractivity contribution in [1.82, 2.24) is 14.8 Å². The smallest absolute Gasteiger partial charge is 0.246 e.